The largest absolute Gasteiger partial charge is 0.497 e. The molecule has 1 aliphatic rings. The minimum Gasteiger partial charge on any atom is -0.497 e. The topological polar surface area (TPSA) is 29.5 Å². The lowest BCUT2D eigenvalue weighted by molar-refractivity contribution is -0.120. The average molecular weight is 404 g/mol. The monoisotopic (exact) mass is 403 g/mol. The Hall–Kier alpha value is -2.72. The van der Waals surface area contributed by atoms with Crippen LogP contribution in [0.4, 0.5) is 5.69 Å². The zero-order chi connectivity index (χ0) is 20.3. The van der Waals surface area contributed by atoms with E-state index < -0.39 is 4.75 Å². The highest BCUT2D eigenvalue weighted by Gasteiger charge is 2.50. The van der Waals surface area contributed by atoms with Crippen LogP contribution in [-0.2, 0) is 16.1 Å². The SMILES string of the molecule is CCCC1(Sc2ccccc2)C(=O)N(Cc2ccc(OC)cc2)c2ccccc21. The average Bonchev–Trinajstić information content (AvgIpc) is 2.98. The number of benzene rings is 3. The number of ether oxygens (including phenoxy) is 1. The van der Waals surface area contributed by atoms with E-state index in [9.17, 15) is 4.79 Å². The van der Waals surface area contributed by atoms with E-state index in [1.54, 1.807) is 18.9 Å². The van der Waals surface area contributed by atoms with Gasteiger partial charge in [0, 0.05) is 16.1 Å². The first-order chi connectivity index (χ1) is 14.2. The Morgan fingerprint density at radius 1 is 0.931 bits per heavy atom. The van der Waals surface area contributed by atoms with Gasteiger partial charge in [0.15, 0.2) is 0 Å². The van der Waals surface area contributed by atoms with Gasteiger partial charge in [-0.3, -0.25) is 4.79 Å². The molecule has 0 spiro atoms. The van der Waals surface area contributed by atoms with Crippen LogP contribution in [0, 0.1) is 0 Å². The predicted molar refractivity (Wildman–Crippen MR) is 120 cm³/mol. The summed E-state index contributed by atoms with van der Waals surface area (Å²) in [6.45, 7) is 2.70. The van der Waals surface area contributed by atoms with Gasteiger partial charge < -0.3 is 9.64 Å². The highest BCUT2D eigenvalue weighted by molar-refractivity contribution is 8.01. The van der Waals surface area contributed by atoms with Crippen LogP contribution in [0.2, 0.25) is 0 Å². The molecule has 1 heterocycles. The maximum Gasteiger partial charge on any atom is 0.248 e. The summed E-state index contributed by atoms with van der Waals surface area (Å²) in [4.78, 5) is 17.0. The first kappa shape index (κ1) is 19.6. The smallest absolute Gasteiger partial charge is 0.248 e. The van der Waals surface area contributed by atoms with Gasteiger partial charge in [0.1, 0.15) is 10.5 Å². The number of methoxy groups -OCH3 is 1. The summed E-state index contributed by atoms with van der Waals surface area (Å²) >= 11 is 1.68. The molecule has 0 N–H and O–H groups in total. The van der Waals surface area contributed by atoms with Crippen molar-refractivity contribution in [2.24, 2.45) is 0 Å². The third-order valence-corrected chi connectivity index (χ3v) is 6.81. The molecule has 0 fully saturated rings. The standard InChI is InChI=1S/C25H25NO2S/c1-3-17-25(29-21-9-5-4-6-10-21)22-11-7-8-12-23(22)26(24(25)27)18-19-13-15-20(28-2)16-14-19/h4-16H,3,17-18H2,1-2H3. The fraction of sp³-hybridized carbons (Fsp3) is 0.240. The van der Waals surface area contributed by atoms with Crippen molar-refractivity contribution in [3.63, 3.8) is 0 Å². The lowest BCUT2D eigenvalue weighted by Gasteiger charge is -2.28. The summed E-state index contributed by atoms with van der Waals surface area (Å²) in [5.41, 5.74) is 3.23. The quantitative estimate of drug-likeness (QED) is 0.482. The molecular formula is C25H25NO2S. The molecule has 0 saturated carbocycles. The molecule has 3 aromatic carbocycles. The van der Waals surface area contributed by atoms with E-state index in [2.05, 4.69) is 31.2 Å². The number of para-hydroxylation sites is 1. The number of amides is 1. The molecular weight excluding hydrogens is 378 g/mol. The highest BCUT2D eigenvalue weighted by atomic mass is 32.2. The van der Waals surface area contributed by atoms with Crippen LogP contribution in [0.5, 0.6) is 5.75 Å². The van der Waals surface area contributed by atoms with Gasteiger partial charge in [-0.1, -0.05) is 61.9 Å². The summed E-state index contributed by atoms with van der Waals surface area (Å²) in [5.74, 6) is 0.993. The number of thioether (sulfide) groups is 1. The van der Waals surface area contributed by atoms with Crippen molar-refractivity contribution in [3.05, 3.63) is 90.0 Å². The molecule has 148 valence electrons. The Bertz CT molecular complexity index is 987. The van der Waals surface area contributed by atoms with Gasteiger partial charge in [-0.25, -0.2) is 0 Å². The van der Waals surface area contributed by atoms with Crippen LogP contribution in [-0.4, -0.2) is 13.0 Å². The Morgan fingerprint density at radius 2 is 1.62 bits per heavy atom. The molecule has 1 unspecified atom stereocenters. The Balaban J connectivity index is 1.73. The molecule has 0 aromatic heterocycles. The van der Waals surface area contributed by atoms with Gasteiger partial charge in [-0.2, -0.15) is 0 Å². The first-order valence-corrected chi connectivity index (χ1v) is 10.8. The number of rotatable bonds is 7. The van der Waals surface area contributed by atoms with Gasteiger partial charge in [-0.05, 0) is 42.3 Å². The summed E-state index contributed by atoms with van der Waals surface area (Å²) in [5, 5.41) is 0. The van der Waals surface area contributed by atoms with Gasteiger partial charge in [0.05, 0.1) is 13.7 Å². The first-order valence-electron chi connectivity index (χ1n) is 9.96. The zero-order valence-electron chi connectivity index (χ0n) is 16.8. The zero-order valence-corrected chi connectivity index (χ0v) is 17.6. The Labute approximate surface area is 176 Å². The van der Waals surface area contributed by atoms with Crippen molar-refractivity contribution in [2.45, 2.75) is 36.0 Å². The van der Waals surface area contributed by atoms with E-state index in [1.165, 1.54) is 0 Å². The van der Waals surface area contributed by atoms with E-state index in [1.807, 2.05) is 59.5 Å². The molecule has 29 heavy (non-hydrogen) atoms. The van der Waals surface area contributed by atoms with Crippen LogP contribution in [0.3, 0.4) is 0 Å². The third-order valence-electron chi connectivity index (χ3n) is 5.36. The number of carbonyl (C=O) groups is 1. The molecule has 3 nitrogen and oxygen atoms in total. The van der Waals surface area contributed by atoms with Crippen molar-refractivity contribution in [2.75, 3.05) is 12.0 Å². The molecule has 4 heteroatoms. The van der Waals surface area contributed by atoms with E-state index in [0.717, 1.165) is 40.3 Å². The van der Waals surface area contributed by atoms with E-state index in [4.69, 9.17) is 4.74 Å². The number of hydrogen-bond donors (Lipinski definition) is 0. The van der Waals surface area contributed by atoms with Gasteiger partial charge in [0.25, 0.3) is 0 Å². The molecule has 0 saturated heterocycles. The second kappa shape index (κ2) is 8.34. The van der Waals surface area contributed by atoms with Crippen LogP contribution < -0.4 is 9.64 Å². The highest BCUT2D eigenvalue weighted by Crippen LogP contribution is 2.54. The molecule has 0 bridgehead atoms. The van der Waals surface area contributed by atoms with Crippen molar-refractivity contribution in [1.82, 2.24) is 0 Å². The lowest BCUT2D eigenvalue weighted by Crippen LogP contribution is -2.37. The van der Waals surface area contributed by atoms with Crippen LogP contribution >= 0.6 is 11.8 Å². The molecule has 1 amide bonds. The number of nitrogens with zero attached hydrogens (tertiary/aromatic N) is 1. The number of carbonyl (C=O) groups excluding carboxylic acids is 1. The van der Waals surface area contributed by atoms with E-state index in [0.29, 0.717) is 6.54 Å². The minimum absolute atomic E-state index is 0.172. The molecule has 3 aromatic rings. The second-order valence-electron chi connectivity index (χ2n) is 7.25. The van der Waals surface area contributed by atoms with Crippen molar-refractivity contribution in [3.8, 4) is 5.75 Å². The van der Waals surface area contributed by atoms with E-state index in [-0.39, 0.29) is 5.91 Å². The predicted octanol–water partition coefficient (Wildman–Crippen LogP) is 6.03. The number of anilines is 1. The Morgan fingerprint density at radius 3 is 2.31 bits per heavy atom. The summed E-state index contributed by atoms with van der Waals surface area (Å²) in [6, 6.07) is 26.4. The summed E-state index contributed by atoms with van der Waals surface area (Å²) in [7, 11) is 1.66. The summed E-state index contributed by atoms with van der Waals surface area (Å²) in [6.07, 6.45) is 1.75. The number of hydrogen-bond acceptors (Lipinski definition) is 3. The molecule has 0 aliphatic carbocycles. The van der Waals surface area contributed by atoms with Crippen molar-refractivity contribution >= 4 is 23.4 Å². The van der Waals surface area contributed by atoms with E-state index >= 15 is 0 Å². The second-order valence-corrected chi connectivity index (χ2v) is 8.62. The van der Waals surface area contributed by atoms with Crippen molar-refractivity contribution in [1.29, 1.82) is 0 Å². The third kappa shape index (κ3) is 3.65. The molecule has 4 rings (SSSR count). The van der Waals surface area contributed by atoms with Gasteiger partial charge >= 0.3 is 0 Å². The fourth-order valence-electron chi connectivity index (χ4n) is 4.00. The number of fused-ring (bicyclic) bond motifs is 1. The normalized spacial score (nSPS) is 18.0. The molecule has 1 atom stereocenters. The maximum absolute atomic E-state index is 13.9. The molecule has 1 aliphatic heterocycles. The Kier molecular flexibility index (Phi) is 5.63. The fourth-order valence-corrected chi connectivity index (χ4v) is 5.48. The maximum atomic E-state index is 13.9. The van der Waals surface area contributed by atoms with Gasteiger partial charge in [-0.15, -0.1) is 11.8 Å². The van der Waals surface area contributed by atoms with Crippen LogP contribution in [0.15, 0.2) is 83.8 Å². The summed E-state index contributed by atoms with van der Waals surface area (Å²) < 4.78 is 4.68. The molecule has 0 radical (unpaired) electrons. The lowest BCUT2D eigenvalue weighted by atomic mass is 9.95. The van der Waals surface area contributed by atoms with Crippen LogP contribution in [0.1, 0.15) is 30.9 Å². The van der Waals surface area contributed by atoms with Crippen molar-refractivity contribution < 1.29 is 9.53 Å². The minimum atomic E-state index is -0.584. The van der Waals surface area contributed by atoms with Gasteiger partial charge in [0.2, 0.25) is 5.91 Å². The van der Waals surface area contributed by atoms with Crippen LogP contribution in [0.25, 0.3) is 0 Å².